The van der Waals surface area contributed by atoms with Crippen LogP contribution >= 0.6 is 0 Å². The Hall–Kier alpha value is -1.60. The highest BCUT2D eigenvalue weighted by molar-refractivity contribution is 5.64. The van der Waals surface area contributed by atoms with Crippen LogP contribution < -0.4 is 5.32 Å². The van der Waals surface area contributed by atoms with Gasteiger partial charge in [0.25, 0.3) is 0 Å². The molecule has 20 heavy (non-hydrogen) atoms. The van der Waals surface area contributed by atoms with Gasteiger partial charge in [0.1, 0.15) is 0 Å². The molecule has 2 atom stereocenters. The highest BCUT2D eigenvalue weighted by Crippen LogP contribution is 2.26. The van der Waals surface area contributed by atoms with E-state index in [1.54, 1.807) is 0 Å². The molecule has 2 aromatic rings. The Bertz CT molecular complexity index is 542. The lowest BCUT2D eigenvalue weighted by Crippen LogP contribution is -2.12. The second kappa shape index (κ2) is 6.71. The maximum Gasteiger partial charge on any atom is 0.0289 e. The maximum absolute atomic E-state index is 3.29. The Morgan fingerprint density at radius 2 is 1.60 bits per heavy atom. The van der Waals surface area contributed by atoms with Gasteiger partial charge in [0.05, 0.1) is 0 Å². The largest absolute Gasteiger partial charge is 0.313 e. The molecule has 2 unspecified atom stereocenters. The van der Waals surface area contributed by atoms with Crippen LogP contribution in [-0.4, -0.2) is 7.05 Å². The smallest absolute Gasteiger partial charge is 0.0289 e. The van der Waals surface area contributed by atoms with Crippen LogP contribution in [-0.2, 0) is 0 Å². The Morgan fingerprint density at radius 3 is 2.20 bits per heavy atom. The quantitative estimate of drug-likeness (QED) is 0.790. The highest BCUT2D eigenvalue weighted by Gasteiger charge is 2.06. The van der Waals surface area contributed by atoms with Gasteiger partial charge in [-0.1, -0.05) is 56.3 Å². The van der Waals surface area contributed by atoms with Crippen LogP contribution in [0.4, 0.5) is 0 Å². The van der Waals surface area contributed by atoms with E-state index < -0.39 is 0 Å². The standard InChI is InChI=1S/C19H25N/c1-5-14(2)16-9-11-17(12-10-16)19-8-6-7-18(13-19)15(3)20-4/h6-15,20H,5H2,1-4H3. The average molecular weight is 267 g/mol. The lowest BCUT2D eigenvalue weighted by molar-refractivity contribution is 0.652. The first-order chi connectivity index (χ1) is 9.65. The van der Waals surface area contributed by atoms with Crippen LogP contribution in [0.5, 0.6) is 0 Å². The molecule has 0 aromatic heterocycles. The minimum Gasteiger partial charge on any atom is -0.313 e. The molecule has 106 valence electrons. The van der Waals surface area contributed by atoms with Crippen molar-refractivity contribution in [3.05, 3.63) is 59.7 Å². The summed E-state index contributed by atoms with van der Waals surface area (Å²) >= 11 is 0. The van der Waals surface area contributed by atoms with Gasteiger partial charge in [-0.05, 0) is 54.6 Å². The van der Waals surface area contributed by atoms with Crippen LogP contribution in [0.25, 0.3) is 11.1 Å². The van der Waals surface area contributed by atoms with Gasteiger partial charge in [0.15, 0.2) is 0 Å². The molecule has 0 saturated heterocycles. The fourth-order valence-corrected chi connectivity index (χ4v) is 2.39. The fraction of sp³-hybridized carbons (Fsp3) is 0.368. The number of nitrogens with one attached hydrogen (secondary N) is 1. The summed E-state index contributed by atoms with van der Waals surface area (Å²) in [6.07, 6.45) is 1.19. The molecule has 1 N–H and O–H groups in total. The van der Waals surface area contributed by atoms with Crippen LogP contribution in [0, 0.1) is 0 Å². The maximum atomic E-state index is 3.29. The van der Waals surface area contributed by atoms with E-state index in [0.29, 0.717) is 12.0 Å². The second-order valence-electron chi connectivity index (χ2n) is 5.57. The molecule has 2 aromatic carbocycles. The van der Waals surface area contributed by atoms with Gasteiger partial charge in [0, 0.05) is 6.04 Å². The summed E-state index contributed by atoms with van der Waals surface area (Å²) in [5, 5.41) is 3.29. The summed E-state index contributed by atoms with van der Waals surface area (Å²) in [6.45, 7) is 6.70. The van der Waals surface area contributed by atoms with Crippen molar-refractivity contribution >= 4 is 0 Å². The first-order valence-corrected chi connectivity index (χ1v) is 7.53. The summed E-state index contributed by atoms with van der Waals surface area (Å²) < 4.78 is 0. The van der Waals surface area contributed by atoms with E-state index in [1.165, 1.54) is 28.7 Å². The molecule has 0 heterocycles. The zero-order valence-corrected chi connectivity index (χ0v) is 13.0. The van der Waals surface area contributed by atoms with Gasteiger partial charge in [-0.3, -0.25) is 0 Å². The van der Waals surface area contributed by atoms with Crippen molar-refractivity contribution in [2.24, 2.45) is 0 Å². The van der Waals surface area contributed by atoms with Crippen molar-refractivity contribution in [2.45, 2.75) is 39.2 Å². The number of hydrogen-bond donors (Lipinski definition) is 1. The van der Waals surface area contributed by atoms with Crippen LogP contribution in [0.3, 0.4) is 0 Å². The minimum absolute atomic E-state index is 0.384. The Kier molecular flexibility index (Phi) is 4.97. The summed E-state index contributed by atoms with van der Waals surface area (Å²) in [5.74, 6) is 0.639. The van der Waals surface area contributed by atoms with E-state index in [2.05, 4.69) is 74.6 Å². The molecular weight excluding hydrogens is 242 g/mol. The molecule has 0 aliphatic rings. The van der Waals surface area contributed by atoms with Crippen molar-refractivity contribution in [1.29, 1.82) is 0 Å². The van der Waals surface area contributed by atoms with E-state index in [0.717, 1.165) is 0 Å². The normalized spacial score (nSPS) is 14.0. The van der Waals surface area contributed by atoms with Crippen molar-refractivity contribution < 1.29 is 0 Å². The third-order valence-electron chi connectivity index (χ3n) is 4.25. The number of rotatable bonds is 5. The molecule has 0 radical (unpaired) electrons. The SMILES string of the molecule is CCC(C)c1ccc(-c2cccc(C(C)NC)c2)cc1. The van der Waals surface area contributed by atoms with Gasteiger partial charge in [-0.25, -0.2) is 0 Å². The molecule has 0 aliphatic carbocycles. The molecule has 0 saturated carbocycles. The molecule has 0 bridgehead atoms. The Balaban J connectivity index is 2.27. The molecule has 1 heteroatoms. The highest BCUT2D eigenvalue weighted by atomic mass is 14.8. The van der Waals surface area contributed by atoms with Gasteiger partial charge in [-0.15, -0.1) is 0 Å². The molecule has 1 nitrogen and oxygen atoms in total. The van der Waals surface area contributed by atoms with Crippen molar-refractivity contribution in [3.8, 4) is 11.1 Å². The van der Waals surface area contributed by atoms with Gasteiger partial charge in [-0.2, -0.15) is 0 Å². The first-order valence-electron chi connectivity index (χ1n) is 7.53. The predicted octanol–water partition coefficient (Wildman–Crippen LogP) is 5.15. The lowest BCUT2D eigenvalue weighted by Gasteiger charge is -2.13. The predicted molar refractivity (Wildman–Crippen MR) is 88.1 cm³/mol. The van der Waals surface area contributed by atoms with Crippen molar-refractivity contribution in [2.75, 3.05) is 7.05 Å². The van der Waals surface area contributed by atoms with E-state index in [-0.39, 0.29) is 0 Å². The summed E-state index contributed by atoms with van der Waals surface area (Å²) in [7, 11) is 2.00. The van der Waals surface area contributed by atoms with E-state index >= 15 is 0 Å². The monoisotopic (exact) mass is 267 g/mol. The first kappa shape index (κ1) is 14.8. The number of hydrogen-bond acceptors (Lipinski definition) is 1. The molecule has 0 fully saturated rings. The van der Waals surface area contributed by atoms with Crippen LogP contribution in [0.15, 0.2) is 48.5 Å². The molecule has 0 amide bonds. The number of benzene rings is 2. The van der Waals surface area contributed by atoms with Crippen molar-refractivity contribution in [1.82, 2.24) is 5.32 Å². The minimum atomic E-state index is 0.384. The average Bonchev–Trinajstić information content (AvgIpc) is 2.53. The van der Waals surface area contributed by atoms with Crippen LogP contribution in [0.2, 0.25) is 0 Å². The Labute approximate surface area is 123 Å². The van der Waals surface area contributed by atoms with E-state index in [4.69, 9.17) is 0 Å². The molecule has 0 aliphatic heterocycles. The third-order valence-corrected chi connectivity index (χ3v) is 4.25. The van der Waals surface area contributed by atoms with Crippen LogP contribution in [0.1, 0.15) is 50.3 Å². The third kappa shape index (κ3) is 3.29. The molecule has 0 spiro atoms. The van der Waals surface area contributed by atoms with E-state index in [1.807, 2.05) is 7.05 Å². The second-order valence-corrected chi connectivity index (χ2v) is 5.57. The summed E-state index contributed by atoms with van der Waals surface area (Å²) in [4.78, 5) is 0. The summed E-state index contributed by atoms with van der Waals surface area (Å²) in [5.41, 5.74) is 5.34. The molecule has 2 rings (SSSR count). The Morgan fingerprint density at radius 1 is 0.900 bits per heavy atom. The summed E-state index contributed by atoms with van der Waals surface area (Å²) in [6, 6.07) is 18.2. The fourth-order valence-electron chi connectivity index (χ4n) is 2.39. The van der Waals surface area contributed by atoms with Crippen molar-refractivity contribution in [3.63, 3.8) is 0 Å². The van der Waals surface area contributed by atoms with E-state index in [9.17, 15) is 0 Å². The van der Waals surface area contributed by atoms with Gasteiger partial charge < -0.3 is 5.32 Å². The zero-order valence-electron chi connectivity index (χ0n) is 13.0. The van der Waals surface area contributed by atoms with Gasteiger partial charge >= 0.3 is 0 Å². The molecular formula is C19H25N. The van der Waals surface area contributed by atoms with Gasteiger partial charge in [0.2, 0.25) is 0 Å². The lowest BCUT2D eigenvalue weighted by atomic mass is 9.95. The topological polar surface area (TPSA) is 12.0 Å². The zero-order chi connectivity index (χ0) is 14.5.